The zero-order valence-corrected chi connectivity index (χ0v) is 19.8. The van der Waals surface area contributed by atoms with Gasteiger partial charge in [-0.05, 0) is 30.0 Å². The Kier molecular flexibility index (Phi) is 9.00. The van der Waals surface area contributed by atoms with E-state index in [0.29, 0.717) is 26.1 Å². The minimum atomic E-state index is -1.17. The molecule has 0 saturated heterocycles. The lowest BCUT2D eigenvalue weighted by Gasteiger charge is -2.28. The minimum absolute atomic E-state index is 0.0323. The molecule has 0 aliphatic rings. The zero-order valence-electron chi connectivity index (χ0n) is 18.3. The van der Waals surface area contributed by atoms with Gasteiger partial charge in [0.1, 0.15) is 0 Å². The lowest BCUT2D eigenvalue weighted by Crippen LogP contribution is -2.45. The van der Waals surface area contributed by atoms with Crippen molar-refractivity contribution < 1.29 is 9.59 Å². The second-order valence-electron chi connectivity index (χ2n) is 7.82. The highest BCUT2D eigenvalue weighted by molar-refractivity contribution is 6.53. The molecule has 3 aromatic rings. The van der Waals surface area contributed by atoms with Crippen molar-refractivity contribution in [3.05, 3.63) is 71.9 Å². The van der Waals surface area contributed by atoms with Crippen LogP contribution in [0.1, 0.15) is 30.9 Å². The van der Waals surface area contributed by atoms with Crippen LogP contribution in [0, 0.1) is 0 Å². The average Bonchev–Trinajstić information content (AvgIpc) is 3.22. The number of aromatic amines is 1. The smallest absolute Gasteiger partial charge is 0.256 e. The Balaban J connectivity index is 1.76. The SMILES string of the molecule is CCCCN(CC(=O)N(CCc1c[nH]c2ccccc12)Cc1ccccc1)C(=O)C(Cl)Cl. The van der Waals surface area contributed by atoms with E-state index in [0.717, 1.165) is 34.9 Å². The number of benzene rings is 2. The van der Waals surface area contributed by atoms with Crippen LogP contribution in [-0.2, 0) is 22.6 Å². The summed E-state index contributed by atoms with van der Waals surface area (Å²) in [5.74, 6) is -0.543. The number of hydrogen-bond acceptors (Lipinski definition) is 2. The molecule has 7 heteroatoms. The van der Waals surface area contributed by atoms with Crippen molar-refractivity contribution in [3.8, 4) is 0 Å². The number of halogens is 2. The molecule has 0 atom stereocenters. The van der Waals surface area contributed by atoms with Crippen LogP contribution in [0.5, 0.6) is 0 Å². The maximum Gasteiger partial charge on any atom is 0.256 e. The number of hydrogen-bond donors (Lipinski definition) is 1. The summed E-state index contributed by atoms with van der Waals surface area (Å²) in [4.78, 5) is 31.1. The maximum absolute atomic E-state index is 13.3. The van der Waals surface area contributed by atoms with Gasteiger partial charge in [0.05, 0.1) is 6.54 Å². The standard InChI is InChI=1S/C25H29Cl2N3O2/c1-2-3-14-30(25(32)24(26)27)18-23(31)29(17-19-9-5-4-6-10-19)15-13-20-16-28-22-12-8-7-11-21(20)22/h4-12,16,24,28H,2-3,13-15,17-18H2,1H3. The maximum atomic E-state index is 13.3. The summed E-state index contributed by atoms with van der Waals surface area (Å²) in [6, 6.07) is 18.0. The second-order valence-corrected chi connectivity index (χ2v) is 8.92. The van der Waals surface area contributed by atoms with Crippen LogP contribution in [-0.4, -0.2) is 51.1 Å². The first kappa shape index (κ1) is 24.1. The largest absolute Gasteiger partial charge is 0.361 e. The van der Waals surface area contributed by atoms with E-state index in [-0.39, 0.29) is 12.5 Å². The van der Waals surface area contributed by atoms with E-state index in [1.807, 2.05) is 61.7 Å². The molecule has 32 heavy (non-hydrogen) atoms. The third-order valence-electron chi connectivity index (χ3n) is 5.50. The van der Waals surface area contributed by atoms with Crippen LogP contribution >= 0.6 is 23.2 Å². The van der Waals surface area contributed by atoms with Crippen molar-refractivity contribution >= 4 is 45.9 Å². The number of carbonyl (C=O) groups excluding carboxylic acids is 2. The summed E-state index contributed by atoms with van der Waals surface area (Å²) >= 11 is 11.6. The first-order valence-electron chi connectivity index (χ1n) is 10.9. The Labute approximate surface area is 199 Å². The highest BCUT2D eigenvalue weighted by Crippen LogP contribution is 2.19. The number of amides is 2. The molecule has 1 heterocycles. The van der Waals surface area contributed by atoms with Gasteiger partial charge in [-0.1, -0.05) is 85.1 Å². The average molecular weight is 474 g/mol. The number of alkyl halides is 2. The molecule has 5 nitrogen and oxygen atoms in total. The molecule has 0 aliphatic carbocycles. The number of carbonyl (C=O) groups is 2. The van der Waals surface area contributed by atoms with E-state index < -0.39 is 10.7 Å². The second kappa shape index (κ2) is 11.9. The molecule has 1 N–H and O–H groups in total. The van der Waals surface area contributed by atoms with Crippen molar-refractivity contribution in [1.82, 2.24) is 14.8 Å². The number of unbranched alkanes of at least 4 members (excludes halogenated alkanes) is 1. The molecule has 0 saturated carbocycles. The fourth-order valence-corrected chi connectivity index (χ4v) is 3.98. The highest BCUT2D eigenvalue weighted by atomic mass is 35.5. The van der Waals surface area contributed by atoms with Crippen LogP contribution in [0.15, 0.2) is 60.8 Å². The number of nitrogens with one attached hydrogen (secondary N) is 1. The molecule has 0 aliphatic heterocycles. The molecule has 0 bridgehead atoms. The summed E-state index contributed by atoms with van der Waals surface area (Å²) in [5.41, 5.74) is 3.28. The number of para-hydroxylation sites is 1. The first-order chi connectivity index (χ1) is 15.5. The van der Waals surface area contributed by atoms with Crippen LogP contribution in [0.3, 0.4) is 0 Å². The Bertz CT molecular complexity index is 1020. The Hall–Kier alpha value is -2.50. The van der Waals surface area contributed by atoms with Gasteiger partial charge < -0.3 is 14.8 Å². The molecule has 3 rings (SSSR count). The molecule has 170 valence electrons. The Morgan fingerprint density at radius 1 is 0.969 bits per heavy atom. The van der Waals surface area contributed by atoms with Crippen molar-refractivity contribution in [2.75, 3.05) is 19.6 Å². The zero-order chi connectivity index (χ0) is 22.9. The minimum Gasteiger partial charge on any atom is -0.361 e. The fourth-order valence-electron chi connectivity index (χ4n) is 3.71. The molecule has 2 amide bonds. The van der Waals surface area contributed by atoms with Gasteiger partial charge in [0.15, 0.2) is 4.84 Å². The van der Waals surface area contributed by atoms with E-state index in [1.54, 1.807) is 4.90 Å². The van der Waals surface area contributed by atoms with Gasteiger partial charge in [-0.3, -0.25) is 9.59 Å². The summed E-state index contributed by atoms with van der Waals surface area (Å²) in [6.07, 6.45) is 4.40. The molecule has 0 unspecified atom stereocenters. The molecular formula is C25H29Cl2N3O2. The lowest BCUT2D eigenvalue weighted by atomic mass is 10.1. The number of rotatable bonds is 11. The molecule has 0 fully saturated rings. The van der Waals surface area contributed by atoms with Crippen LogP contribution in [0.2, 0.25) is 0 Å². The van der Waals surface area contributed by atoms with Gasteiger partial charge in [0.2, 0.25) is 5.91 Å². The van der Waals surface area contributed by atoms with Gasteiger partial charge >= 0.3 is 0 Å². The van der Waals surface area contributed by atoms with Gasteiger partial charge in [-0.15, -0.1) is 0 Å². The molecule has 0 spiro atoms. The first-order valence-corrected chi connectivity index (χ1v) is 11.8. The van der Waals surface area contributed by atoms with Gasteiger partial charge in [0.25, 0.3) is 5.91 Å². The number of fused-ring (bicyclic) bond motifs is 1. The van der Waals surface area contributed by atoms with Crippen molar-refractivity contribution in [2.24, 2.45) is 0 Å². The van der Waals surface area contributed by atoms with Crippen molar-refractivity contribution in [3.63, 3.8) is 0 Å². The van der Waals surface area contributed by atoms with Crippen LogP contribution < -0.4 is 0 Å². The third-order valence-corrected chi connectivity index (χ3v) is 5.87. The van der Waals surface area contributed by atoms with E-state index in [4.69, 9.17) is 23.2 Å². The highest BCUT2D eigenvalue weighted by Gasteiger charge is 2.25. The summed E-state index contributed by atoms with van der Waals surface area (Å²) in [6.45, 7) is 3.47. The Morgan fingerprint density at radius 3 is 2.41 bits per heavy atom. The quantitative estimate of drug-likeness (QED) is 0.390. The van der Waals surface area contributed by atoms with Gasteiger partial charge in [-0.25, -0.2) is 0 Å². The predicted molar refractivity (Wildman–Crippen MR) is 131 cm³/mol. The van der Waals surface area contributed by atoms with E-state index in [2.05, 4.69) is 11.1 Å². The summed E-state index contributed by atoms with van der Waals surface area (Å²) in [7, 11) is 0. The number of H-pyrrole nitrogens is 1. The predicted octanol–water partition coefficient (Wildman–Crippen LogP) is 5.17. The van der Waals surface area contributed by atoms with Crippen LogP contribution in [0.25, 0.3) is 10.9 Å². The molecular weight excluding hydrogens is 445 g/mol. The van der Waals surface area contributed by atoms with Crippen molar-refractivity contribution in [2.45, 2.75) is 37.6 Å². The van der Waals surface area contributed by atoms with E-state index >= 15 is 0 Å². The van der Waals surface area contributed by atoms with Crippen LogP contribution in [0.4, 0.5) is 0 Å². The summed E-state index contributed by atoms with van der Waals surface area (Å²) < 4.78 is 0. The Morgan fingerprint density at radius 2 is 1.69 bits per heavy atom. The molecule has 1 aromatic heterocycles. The molecule has 0 radical (unpaired) electrons. The number of nitrogens with zero attached hydrogens (tertiary/aromatic N) is 2. The normalized spacial score (nSPS) is 11.1. The van der Waals surface area contributed by atoms with Gasteiger partial charge in [-0.2, -0.15) is 0 Å². The van der Waals surface area contributed by atoms with E-state index in [9.17, 15) is 9.59 Å². The van der Waals surface area contributed by atoms with Crippen molar-refractivity contribution in [1.29, 1.82) is 0 Å². The molecule has 2 aromatic carbocycles. The topological polar surface area (TPSA) is 56.4 Å². The summed E-state index contributed by atoms with van der Waals surface area (Å²) in [5, 5.41) is 1.16. The fraction of sp³-hybridized carbons (Fsp3) is 0.360. The van der Waals surface area contributed by atoms with E-state index in [1.165, 1.54) is 4.90 Å². The monoisotopic (exact) mass is 473 g/mol. The third kappa shape index (κ3) is 6.50. The van der Waals surface area contributed by atoms with Gasteiger partial charge in [0, 0.05) is 36.7 Å². The lowest BCUT2D eigenvalue weighted by molar-refractivity contribution is -0.140. The number of aromatic nitrogens is 1.